The maximum absolute atomic E-state index is 13.4. The lowest BCUT2D eigenvalue weighted by atomic mass is 9.84. The van der Waals surface area contributed by atoms with Crippen molar-refractivity contribution in [3.8, 4) is 0 Å². The molecule has 124 valence electrons. The first kappa shape index (κ1) is 18.9. The fourth-order valence-electron chi connectivity index (χ4n) is 1.91. The number of aliphatic hydroxyl groups excluding tert-OH is 1. The lowest BCUT2D eigenvalue weighted by Crippen LogP contribution is -2.41. The second-order valence-electron chi connectivity index (χ2n) is 6.74. The van der Waals surface area contributed by atoms with Gasteiger partial charge in [0.15, 0.2) is 0 Å². The third-order valence-corrected chi connectivity index (χ3v) is 3.84. The molecule has 0 aliphatic heterocycles. The van der Waals surface area contributed by atoms with Gasteiger partial charge in [0.25, 0.3) is 0 Å². The van der Waals surface area contributed by atoms with Crippen molar-refractivity contribution in [3.63, 3.8) is 0 Å². The minimum absolute atomic E-state index is 0.147. The van der Waals surface area contributed by atoms with Crippen molar-refractivity contribution < 1.29 is 19.0 Å². The van der Waals surface area contributed by atoms with Gasteiger partial charge >= 0.3 is 6.09 Å². The van der Waals surface area contributed by atoms with E-state index in [-0.39, 0.29) is 19.0 Å². The molecule has 6 heteroatoms. The normalized spacial score (nSPS) is 14.3. The van der Waals surface area contributed by atoms with E-state index in [0.717, 1.165) is 10.0 Å². The molecule has 2 N–H and O–H groups in total. The monoisotopic (exact) mass is 375 g/mol. The Bertz CT molecular complexity index is 531. The van der Waals surface area contributed by atoms with Crippen LogP contribution >= 0.6 is 15.9 Å². The Morgan fingerprint density at radius 3 is 2.55 bits per heavy atom. The van der Waals surface area contributed by atoms with E-state index < -0.39 is 17.1 Å². The quantitative estimate of drug-likeness (QED) is 0.825. The highest BCUT2D eigenvalue weighted by molar-refractivity contribution is 9.10. The Kier molecular flexibility index (Phi) is 6.38. The molecule has 0 aliphatic carbocycles. The Morgan fingerprint density at radius 2 is 2.00 bits per heavy atom. The maximum Gasteiger partial charge on any atom is 0.407 e. The summed E-state index contributed by atoms with van der Waals surface area (Å²) in [6.45, 7) is 7.24. The third-order valence-electron chi connectivity index (χ3n) is 3.07. The summed E-state index contributed by atoms with van der Waals surface area (Å²) >= 11 is 3.37. The largest absolute Gasteiger partial charge is 0.444 e. The molecular formula is C16H23BrFNO3. The number of benzene rings is 1. The van der Waals surface area contributed by atoms with Crippen LogP contribution in [-0.4, -0.2) is 30.0 Å². The predicted octanol–water partition coefficient (Wildman–Crippen LogP) is 3.65. The number of rotatable bonds is 5. The lowest BCUT2D eigenvalue weighted by Gasteiger charge is -2.29. The van der Waals surface area contributed by atoms with E-state index in [1.54, 1.807) is 26.8 Å². The molecule has 0 radical (unpaired) electrons. The number of halogens is 2. The number of hydrogen-bond acceptors (Lipinski definition) is 3. The van der Waals surface area contributed by atoms with Crippen molar-refractivity contribution in [1.82, 2.24) is 5.32 Å². The molecule has 22 heavy (non-hydrogen) atoms. The highest BCUT2D eigenvalue weighted by Gasteiger charge is 2.27. The Hall–Kier alpha value is -1.14. The summed E-state index contributed by atoms with van der Waals surface area (Å²) in [5.74, 6) is -0.335. The summed E-state index contributed by atoms with van der Waals surface area (Å²) < 4.78 is 19.3. The summed E-state index contributed by atoms with van der Waals surface area (Å²) in [6, 6.07) is 4.41. The van der Waals surface area contributed by atoms with Gasteiger partial charge in [-0.1, -0.05) is 22.9 Å². The van der Waals surface area contributed by atoms with Crippen LogP contribution in [0.15, 0.2) is 22.7 Å². The Balaban J connectivity index is 2.72. The minimum Gasteiger partial charge on any atom is -0.444 e. The van der Waals surface area contributed by atoms with E-state index in [0.29, 0.717) is 6.42 Å². The van der Waals surface area contributed by atoms with Crippen LogP contribution in [0.2, 0.25) is 0 Å². The highest BCUT2D eigenvalue weighted by Crippen LogP contribution is 2.27. The zero-order valence-corrected chi connectivity index (χ0v) is 15.0. The second kappa shape index (κ2) is 7.42. The number of hydrogen-bond donors (Lipinski definition) is 2. The second-order valence-corrected chi connectivity index (χ2v) is 7.59. The zero-order chi connectivity index (χ0) is 17.0. The number of carbonyl (C=O) groups is 1. The SMILES string of the molecule is CC(CO)(CNC(=O)OC(C)(C)C)Cc1cc(F)ccc1Br. The van der Waals surface area contributed by atoms with Crippen molar-refractivity contribution in [3.05, 3.63) is 34.1 Å². The van der Waals surface area contributed by atoms with Gasteiger partial charge in [-0.15, -0.1) is 0 Å². The molecule has 1 atom stereocenters. The number of carbonyl (C=O) groups excluding carboxylic acids is 1. The molecule has 4 nitrogen and oxygen atoms in total. The summed E-state index contributed by atoms with van der Waals surface area (Å²) in [7, 11) is 0. The molecule has 0 saturated carbocycles. The molecule has 1 aromatic carbocycles. The van der Waals surface area contributed by atoms with E-state index in [4.69, 9.17) is 4.74 Å². The Morgan fingerprint density at radius 1 is 1.36 bits per heavy atom. The molecule has 1 amide bonds. The van der Waals surface area contributed by atoms with Crippen LogP contribution in [0.5, 0.6) is 0 Å². The molecule has 0 fully saturated rings. The molecule has 1 rings (SSSR count). The number of amides is 1. The van der Waals surface area contributed by atoms with Crippen LogP contribution in [0, 0.1) is 11.2 Å². The van der Waals surface area contributed by atoms with Gasteiger partial charge in [0.1, 0.15) is 11.4 Å². The van der Waals surface area contributed by atoms with Crippen LogP contribution in [-0.2, 0) is 11.2 Å². The summed E-state index contributed by atoms with van der Waals surface area (Å²) in [6.07, 6.45) is -0.122. The smallest absolute Gasteiger partial charge is 0.407 e. The van der Waals surface area contributed by atoms with Crippen molar-refractivity contribution in [1.29, 1.82) is 0 Å². The van der Waals surface area contributed by atoms with E-state index in [1.807, 2.05) is 6.92 Å². The van der Waals surface area contributed by atoms with Gasteiger partial charge in [-0.05, 0) is 51.0 Å². The number of ether oxygens (including phenoxy) is 1. The van der Waals surface area contributed by atoms with Crippen molar-refractivity contribution in [2.24, 2.45) is 5.41 Å². The van der Waals surface area contributed by atoms with Crippen LogP contribution < -0.4 is 5.32 Å². The average Bonchev–Trinajstić information content (AvgIpc) is 2.39. The van der Waals surface area contributed by atoms with Gasteiger partial charge in [-0.25, -0.2) is 9.18 Å². The number of aliphatic hydroxyl groups is 1. The zero-order valence-electron chi connectivity index (χ0n) is 13.4. The molecule has 0 bridgehead atoms. The summed E-state index contributed by atoms with van der Waals surface area (Å²) in [4.78, 5) is 11.7. The van der Waals surface area contributed by atoms with Gasteiger partial charge in [0.2, 0.25) is 0 Å². The number of alkyl carbamates (subject to hydrolysis) is 1. The van der Waals surface area contributed by atoms with E-state index in [9.17, 15) is 14.3 Å². The molecule has 0 aromatic heterocycles. The average molecular weight is 376 g/mol. The molecule has 1 aromatic rings. The van der Waals surface area contributed by atoms with Gasteiger partial charge in [0, 0.05) is 16.4 Å². The van der Waals surface area contributed by atoms with Crippen LogP contribution in [0.25, 0.3) is 0 Å². The first-order valence-corrected chi connectivity index (χ1v) is 7.86. The lowest BCUT2D eigenvalue weighted by molar-refractivity contribution is 0.0478. The van der Waals surface area contributed by atoms with Gasteiger partial charge in [-0.3, -0.25) is 0 Å². The van der Waals surface area contributed by atoms with Gasteiger partial charge < -0.3 is 15.2 Å². The Labute approximate surface area is 139 Å². The van der Waals surface area contributed by atoms with E-state index in [1.165, 1.54) is 12.1 Å². The molecule has 0 spiro atoms. The van der Waals surface area contributed by atoms with Gasteiger partial charge in [0.05, 0.1) is 6.61 Å². The molecule has 0 heterocycles. The van der Waals surface area contributed by atoms with Crippen molar-refractivity contribution in [2.45, 2.75) is 39.7 Å². The molecular weight excluding hydrogens is 353 g/mol. The minimum atomic E-state index is -0.618. The predicted molar refractivity (Wildman–Crippen MR) is 87.2 cm³/mol. The summed E-state index contributed by atoms with van der Waals surface area (Å²) in [5.41, 5.74) is -0.457. The van der Waals surface area contributed by atoms with Crippen LogP contribution in [0.3, 0.4) is 0 Å². The fourth-order valence-corrected chi connectivity index (χ4v) is 2.30. The van der Waals surface area contributed by atoms with Crippen molar-refractivity contribution in [2.75, 3.05) is 13.2 Å². The first-order chi connectivity index (χ1) is 10.0. The first-order valence-electron chi connectivity index (χ1n) is 7.06. The van der Waals surface area contributed by atoms with Gasteiger partial charge in [-0.2, -0.15) is 0 Å². The number of nitrogens with one attached hydrogen (secondary N) is 1. The molecule has 1 unspecified atom stereocenters. The highest BCUT2D eigenvalue weighted by atomic mass is 79.9. The van der Waals surface area contributed by atoms with E-state index >= 15 is 0 Å². The molecule has 0 aliphatic rings. The standard InChI is InChI=1S/C16H23BrFNO3/c1-15(2,3)22-14(21)19-9-16(4,10-20)8-11-7-12(18)5-6-13(11)17/h5-7,20H,8-10H2,1-4H3,(H,19,21). The van der Waals surface area contributed by atoms with Crippen molar-refractivity contribution >= 4 is 22.0 Å². The topological polar surface area (TPSA) is 58.6 Å². The third kappa shape index (κ3) is 6.32. The maximum atomic E-state index is 13.4. The summed E-state index contributed by atoms with van der Waals surface area (Å²) in [5, 5.41) is 12.3. The van der Waals surface area contributed by atoms with E-state index in [2.05, 4.69) is 21.2 Å². The molecule has 0 saturated heterocycles. The van der Waals surface area contributed by atoms with Crippen LogP contribution in [0.1, 0.15) is 33.3 Å². The fraction of sp³-hybridized carbons (Fsp3) is 0.562. The van der Waals surface area contributed by atoms with Crippen LogP contribution in [0.4, 0.5) is 9.18 Å².